The van der Waals surface area contributed by atoms with Crippen LogP contribution in [0, 0.1) is 16.7 Å². The summed E-state index contributed by atoms with van der Waals surface area (Å²) >= 11 is 5.54. The first-order valence-corrected chi connectivity index (χ1v) is 19.2. The van der Waals surface area contributed by atoms with Crippen LogP contribution in [0.5, 0.6) is 0 Å². The van der Waals surface area contributed by atoms with E-state index in [9.17, 15) is 14.4 Å². The summed E-state index contributed by atoms with van der Waals surface area (Å²) < 4.78 is 7.27. The number of amides is 2. The van der Waals surface area contributed by atoms with Crippen molar-refractivity contribution in [2.75, 3.05) is 17.2 Å². The molecule has 3 aliphatic rings. The number of hydrogen-bond donors (Lipinski definition) is 4. The summed E-state index contributed by atoms with van der Waals surface area (Å²) in [6.45, 7) is 11.3. The van der Waals surface area contributed by atoms with Gasteiger partial charge >= 0.3 is 0 Å². The average molecular weight is 683 g/mol. The molecule has 252 valence electrons. The number of Topliss-reactive ketones (excluding diaryl/α,β-unsaturated/α-hetero) is 1. The molecular weight excluding hydrogens is 637 g/mol. The van der Waals surface area contributed by atoms with Crippen LogP contribution in [0.25, 0.3) is 0 Å². The van der Waals surface area contributed by atoms with Crippen LogP contribution in [-0.2, 0) is 18.8 Å². The number of fused-ring (bicyclic) bond motifs is 2. The minimum atomic E-state index is -2.77. The van der Waals surface area contributed by atoms with E-state index in [4.69, 9.17) is 16.6 Å². The molecule has 1 aliphatic heterocycles. The largest absolute Gasteiger partial charge is 0.403 e. The van der Waals surface area contributed by atoms with Crippen molar-refractivity contribution in [2.45, 2.75) is 77.5 Å². The first-order valence-electron chi connectivity index (χ1n) is 16.9. The molecule has 0 spiro atoms. The van der Waals surface area contributed by atoms with Crippen LogP contribution in [0.1, 0.15) is 60.3 Å². The van der Waals surface area contributed by atoms with Gasteiger partial charge in [-0.2, -0.15) is 0 Å². The number of carbonyl (C=O) groups excluding carboxylic acids is 3. The Morgan fingerprint density at radius 3 is 1.98 bits per heavy atom. The van der Waals surface area contributed by atoms with Gasteiger partial charge in [-0.1, -0.05) is 107 Å². The average Bonchev–Trinajstić information content (AvgIpc) is 3.68. The van der Waals surface area contributed by atoms with Crippen molar-refractivity contribution >= 4 is 65.0 Å². The van der Waals surface area contributed by atoms with Gasteiger partial charge in [-0.15, -0.1) is 0 Å². The van der Waals surface area contributed by atoms with Crippen molar-refractivity contribution in [3.05, 3.63) is 84.9 Å². The molecule has 48 heavy (non-hydrogen) atoms. The van der Waals surface area contributed by atoms with Gasteiger partial charge in [0.1, 0.15) is 11.2 Å². The van der Waals surface area contributed by atoms with Crippen molar-refractivity contribution in [3.8, 4) is 0 Å². The number of thiocarbonyl (C=S) groups is 1. The lowest BCUT2D eigenvalue weighted by molar-refractivity contribution is -0.143. The molecule has 0 radical (unpaired) electrons. The van der Waals surface area contributed by atoms with E-state index in [1.54, 1.807) is 12.1 Å². The van der Waals surface area contributed by atoms with E-state index in [-0.39, 0.29) is 39.8 Å². The zero-order valence-electron chi connectivity index (χ0n) is 28.4. The molecule has 2 aliphatic carbocycles. The maximum Gasteiger partial charge on any atom is 0.261 e. The van der Waals surface area contributed by atoms with Crippen LogP contribution in [0.4, 0.5) is 11.4 Å². The zero-order valence-corrected chi connectivity index (χ0v) is 30.2. The monoisotopic (exact) mass is 682 g/mol. The van der Waals surface area contributed by atoms with Crippen molar-refractivity contribution in [1.82, 2.24) is 10.6 Å². The van der Waals surface area contributed by atoms with Gasteiger partial charge in [-0.05, 0) is 70.4 Å². The van der Waals surface area contributed by atoms with E-state index in [1.165, 1.54) is 10.4 Å². The van der Waals surface area contributed by atoms with Gasteiger partial charge in [0.2, 0.25) is 11.8 Å². The fraction of sp³-hybridized carbons (Fsp3) is 0.421. The summed E-state index contributed by atoms with van der Waals surface area (Å²) in [5.41, 5.74) is -0.386. The number of benzene rings is 3. The predicted molar refractivity (Wildman–Crippen MR) is 197 cm³/mol. The Morgan fingerprint density at radius 2 is 1.46 bits per heavy atom. The number of para-hydroxylation sites is 2. The van der Waals surface area contributed by atoms with Gasteiger partial charge in [-0.3, -0.25) is 14.4 Å². The number of hydrogen-bond acceptors (Lipinski definition) is 6. The molecule has 4 atom stereocenters. The van der Waals surface area contributed by atoms with Gasteiger partial charge < -0.3 is 25.7 Å². The van der Waals surface area contributed by atoms with Crippen molar-refractivity contribution in [3.63, 3.8) is 0 Å². The third-order valence-electron chi connectivity index (χ3n) is 11.1. The van der Waals surface area contributed by atoms with Gasteiger partial charge in [0.15, 0.2) is 5.11 Å². The van der Waals surface area contributed by atoms with Crippen LogP contribution in [-0.4, -0.2) is 49.7 Å². The quantitative estimate of drug-likeness (QED) is 0.148. The Morgan fingerprint density at radius 1 is 0.896 bits per heavy atom. The van der Waals surface area contributed by atoms with Crippen molar-refractivity contribution < 1.29 is 18.8 Å². The number of ketones is 1. The Kier molecular flexibility index (Phi) is 9.23. The highest BCUT2D eigenvalue weighted by Crippen LogP contribution is 2.63. The lowest BCUT2D eigenvalue weighted by atomic mass is 9.68. The summed E-state index contributed by atoms with van der Waals surface area (Å²) in [4.78, 5) is 40.1. The topological polar surface area (TPSA) is 109 Å². The van der Waals surface area contributed by atoms with E-state index in [0.29, 0.717) is 37.2 Å². The summed E-state index contributed by atoms with van der Waals surface area (Å²) in [7, 11) is -2.77. The highest BCUT2D eigenvalue weighted by molar-refractivity contribution is 7.80. The number of anilines is 2. The Labute approximate surface area is 289 Å². The maximum atomic E-state index is 13.7. The number of carbonyl (C=O) groups is 3. The molecule has 10 heteroatoms. The van der Waals surface area contributed by atoms with Crippen LogP contribution < -0.4 is 31.6 Å². The summed E-state index contributed by atoms with van der Waals surface area (Å²) in [6, 6.07) is 27.8. The molecule has 3 fully saturated rings. The molecule has 2 amide bonds. The van der Waals surface area contributed by atoms with Gasteiger partial charge in [0, 0.05) is 13.0 Å². The molecule has 6 rings (SSSR count). The third kappa shape index (κ3) is 5.82. The summed E-state index contributed by atoms with van der Waals surface area (Å²) in [5, 5.41) is 14.7. The first-order chi connectivity index (χ1) is 22.8. The Balaban J connectivity index is 1.14. The van der Waals surface area contributed by atoms with Crippen molar-refractivity contribution in [2.24, 2.45) is 16.7 Å². The third-order valence-corrected chi connectivity index (χ3v) is 16.4. The first kappa shape index (κ1) is 34.2. The normalized spacial score (nSPS) is 24.7. The number of rotatable bonds is 8. The zero-order chi connectivity index (χ0) is 34.3. The molecule has 3 aromatic carbocycles. The lowest BCUT2D eigenvalue weighted by Crippen LogP contribution is -2.67. The SMILES string of the molecule is CC1(C)[C@@H]2CC[C@@]1(C(=O)NC(=S)Nc1ccccc1NC(=O)[C@@H]1C[C@@H](O[Si](c3ccccc3)(c3ccccc3)C(C)(C)C)CN1)C(=O)C2. The van der Waals surface area contributed by atoms with E-state index in [0.717, 1.165) is 6.42 Å². The van der Waals surface area contributed by atoms with Gasteiger partial charge in [0.25, 0.3) is 8.32 Å². The molecule has 2 bridgehead atoms. The molecule has 0 unspecified atom stereocenters. The molecule has 4 N–H and O–H groups in total. The molecule has 2 saturated carbocycles. The summed E-state index contributed by atoms with van der Waals surface area (Å²) in [5.74, 6) is -0.315. The number of nitrogens with one attached hydrogen (secondary N) is 4. The minimum absolute atomic E-state index is 0.00185. The van der Waals surface area contributed by atoms with E-state index in [2.05, 4.69) is 90.6 Å². The second-order valence-corrected chi connectivity index (χ2v) is 19.7. The van der Waals surface area contributed by atoms with E-state index in [1.807, 2.05) is 38.1 Å². The molecule has 0 aromatic heterocycles. The molecule has 1 heterocycles. The highest BCUT2D eigenvalue weighted by atomic mass is 32.1. The standard InChI is InChI=1S/C38H46N4O4SSi/c1-36(2,3)48(27-14-8-6-9-15-27,28-16-10-7-11-17-28)46-26-23-31(39-24-26)33(44)40-29-18-12-13-19-30(29)41-35(47)42-34(45)38-21-20-25(22-32(38)43)37(38,4)5/h6-19,25-26,31,39H,20-24H2,1-5H3,(H,40,44)(H2,41,42,45,47)/t25-,26-,31+,38+/m1/s1. The van der Waals surface area contributed by atoms with Gasteiger partial charge in [0.05, 0.1) is 23.5 Å². The maximum absolute atomic E-state index is 13.7. The van der Waals surface area contributed by atoms with E-state index >= 15 is 0 Å². The predicted octanol–water partition coefficient (Wildman–Crippen LogP) is 5.14. The van der Waals surface area contributed by atoms with Crippen molar-refractivity contribution in [1.29, 1.82) is 0 Å². The highest BCUT2D eigenvalue weighted by Gasteiger charge is 2.68. The van der Waals surface area contributed by atoms with Gasteiger partial charge in [-0.25, -0.2) is 0 Å². The molecule has 3 aromatic rings. The molecule has 8 nitrogen and oxygen atoms in total. The van der Waals surface area contributed by atoms with Crippen LogP contribution in [0.2, 0.25) is 5.04 Å². The molecule has 1 saturated heterocycles. The fourth-order valence-electron chi connectivity index (χ4n) is 8.43. The summed E-state index contributed by atoms with van der Waals surface area (Å²) in [6.07, 6.45) is 2.20. The molecular formula is C38H46N4O4SSi. The second-order valence-electron chi connectivity index (χ2n) is 15.0. The van der Waals surface area contributed by atoms with E-state index < -0.39 is 25.2 Å². The Bertz CT molecular complexity index is 1670. The smallest absolute Gasteiger partial charge is 0.261 e. The lowest BCUT2D eigenvalue weighted by Gasteiger charge is -2.44. The Hall–Kier alpha value is -3.70. The van der Waals surface area contributed by atoms with Crippen LogP contribution in [0.15, 0.2) is 84.9 Å². The van der Waals surface area contributed by atoms with Crippen LogP contribution in [0.3, 0.4) is 0 Å². The fourth-order valence-corrected chi connectivity index (χ4v) is 13.3. The second kappa shape index (κ2) is 13.0. The van der Waals surface area contributed by atoms with Crippen LogP contribution >= 0.6 is 12.2 Å². The minimum Gasteiger partial charge on any atom is -0.403 e.